The Hall–Kier alpha value is -2.68. The van der Waals surface area contributed by atoms with Crippen molar-refractivity contribution in [2.45, 2.75) is 25.2 Å². The lowest BCUT2D eigenvalue weighted by Gasteiger charge is -2.12. The minimum Gasteiger partial charge on any atom is -0.361 e. The summed E-state index contributed by atoms with van der Waals surface area (Å²) < 4.78 is 0. The third-order valence-electron chi connectivity index (χ3n) is 4.18. The number of nitrogens with one attached hydrogen (secondary N) is 1. The Bertz CT molecular complexity index is 720. The van der Waals surface area contributed by atoms with Crippen molar-refractivity contribution in [3.63, 3.8) is 0 Å². The van der Waals surface area contributed by atoms with Gasteiger partial charge in [0.05, 0.1) is 5.57 Å². The molecule has 0 radical (unpaired) electrons. The molecule has 1 aliphatic carbocycles. The smallest absolute Gasteiger partial charge is 0.168 e. The van der Waals surface area contributed by atoms with E-state index in [1.807, 2.05) is 60.7 Å². The van der Waals surface area contributed by atoms with E-state index in [1.165, 1.54) is 0 Å². The topological polar surface area (TPSA) is 46.2 Å². The maximum absolute atomic E-state index is 12.5. The van der Waals surface area contributed by atoms with Gasteiger partial charge in [-0.2, -0.15) is 0 Å². The van der Waals surface area contributed by atoms with E-state index in [4.69, 9.17) is 0 Å². The van der Waals surface area contributed by atoms with Crippen LogP contribution >= 0.6 is 0 Å². The first-order valence-corrected chi connectivity index (χ1v) is 7.87. The maximum Gasteiger partial charge on any atom is 0.168 e. The van der Waals surface area contributed by atoms with Gasteiger partial charge < -0.3 is 5.32 Å². The van der Waals surface area contributed by atoms with Crippen molar-refractivity contribution in [2.24, 2.45) is 0 Å². The number of para-hydroxylation sites is 1. The van der Waals surface area contributed by atoms with E-state index in [0.717, 1.165) is 17.7 Å². The van der Waals surface area contributed by atoms with Gasteiger partial charge in [0.15, 0.2) is 11.6 Å². The minimum absolute atomic E-state index is 0.0723. The summed E-state index contributed by atoms with van der Waals surface area (Å²) >= 11 is 0. The molecule has 2 aromatic rings. The first kappa shape index (κ1) is 15.2. The number of rotatable bonds is 3. The summed E-state index contributed by atoms with van der Waals surface area (Å²) in [7, 11) is 0. The van der Waals surface area contributed by atoms with Gasteiger partial charge in [-0.1, -0.05) is 48.5 Å². The Labute approximate surface area is 136 Å². The van der Waals surface area contributed by atoms with Gasteiger partial charge in [-0.15, -0.1) is 0 Å². The molecule has 3 heteroatoms. The standard InChI is InChI=1S/C20H19NO2/c22-19-12-11-16(15-7-3-1-4-8-15)13-20(23)18(19)14-21-17-9-5-2-6-10-17/h1-10,14,16,21H,11-13H2/b18-14-. The molecular weight excluding hydrogens is 286 g/mol. The van der Waals surface area contributed by atoms with Gasteiger partial charge >= 0.3 is 0 Å². The van der Waals surface area contributed by atoms with E-state index < -0.39 is 0 Å². The predicted molar refractivity (Wildman–Crippen MR) is 91.2 cm³/mol. The van der Waals surface area contributed by atoms with Gasteiger partial charge in [0.25, 0.3) is 0 Å². The van der Waals surface area contributed by atoms with Gasteiger partial charge in [-0.3, -0.25) is 9.59 Å². The van der Waals surface area contributed by atoms with Gasteiger partial charge in [0, 0.05) is 24.7 Å². The zero-order chi connectivity index (χ0) is 16.1. The number of benzene rings is 2. The fourth-order valence-electron chi connectivity index (χ4n) is 2.89. The average Bonchev–Trinajstić information content (AvgIpc) is 2.73. The van der Waals surface area contributed by atoms with Crippen molar-refractivity contribution >= 4 is 17.3 Å². The molecule has 1 N–H and O–H groups in total. The summed E-state index contributed by atoms with van der Waals surface area (Å²) in [5, 5.41) is 3.05. The molecule has 0 bridgehead atoms. The minimum atomic E-state index is -0.0789. The monoisotopic (exact) mass is 305 g/mol. The summed E-state index contributed by atoms with van der Waals surface area (Å²) in [5.74, 6) is -0.0306. The second kappa shape index (κ2) is 7.05. The average molecular weight is 305 g/mol. The fraction of sp³-hybridized carbons (Fsp3) is 0.200. The van der Waals surface area contributed by atoms with E-state index in [2.05, 4.69) is 5.32 Å². The van der Waals surface area contributed by atoms with Crippen LogP contribution in [0.4, 0.5) is 5.69 Å². The Kier molecular flexibility index (Phi) is 4.67. The highest BCUT2D eigenvalue weighted by Crippen LogP contribution is 2.30. The molecule has 0 aromatic heterocycles. The van der Waals surface area contributed by atoms with Crippen molar-refractivity contribution in [2.75, 3.05) is 5.32 Å². The van der Waals surface area contributed by atoms with Gasteiger partial charge in [-0.25, -0.2) is 0 Å². The largest absolute Gasteiger partial charge is 0.361 e. The van der Waals surface area contributed by atoms with Crippen molar-refractivity contribution < 1.29 is 9.59 Å². The van der Waals surface area contributed by atoms with Crippen molar-refractivity contribution in [3.05, 3.63) is 78.0 Å². The van der Waals surface area contributed by atoms with Crippen molar-refractivity contribution in [3.8, 4) is 0 Å². The van der Waals surface area contributed by atoms with Crippen LogP contribution in [0.15, 0.2) is 72.4 Å². The lowest BCUT2D eigenvalue weighted by Crippen LogP contribution is -2.12. The van der Waals surface area contributed by atoms with Crippen LogP contribution in [0.1, 0.15) is 30.7 Å². The number of allylic oxidation sites excluding steroid dienone is 1. The van der Waals surface area contributed by atoms with E-state index >= 15 is 0 Å². The molecule has 3 nitrogen and oxygen atoms in total. The van der Waals surface area contributed by atoms with Gasteiger partial charge in [0.1, 0.15) is 0 Å². The number of carbonyl (C=O) groups is 2. The molecule has 1 unspecified atom stereocenters. The molecule has 2 aromatic carbocycles. The maximum atomic E-state index is 12.5. The Morgan fingerprint density at radius 3 is 2.22 bits per heavy atom. The summed E-state index contributed by atoms with van der Waals surface area (Å²) in [6.07, 6.45) is 3.08. The summed E-state index contributed by atoms with van der Waals surface area (Å²) in [5.41, 5.74) is 2.28. The quantitative estimate of drug-likeness (QED) is 0.528. The Morgan fingerprint density at radius 1 is 0.870 bits per heavy atom. The van der Waals surface area contributed by atoms with Crippen molar-refractivity contribution in [1.82, 2.24) is 0 Å². The molecule has 0 amide bonds. The van der Waals surface area contributed by atoms with Crippen molar-refractivity contribution in [1.29, 1.82) is 0 Å². The lowest BCUT2D eigenvalue weighted by molar-refractivity contribution is -0.120. The molecule has 0 saturated heterocycles. The fourth-order valence-corrected chi connectivity index (χ4v) is 2.89. The first-order chi connectivity index (χ1) is 11.2. The van der Waals surface area contributed by atoms with Gasteiger partial charge in [-0.05, 0) is 30.0 Å². The highest BCUT2D eigenvalue weighted by Gasteiger charge is 2.27. The van der Waals surface area contributed by atoms with Crippen LogP contribution in [0.25, 0.3) is 0 Å². The predicted octanol–water partition coefficient (Wildman–Crippen LogP) is 4.09. The molecule has 23 heavy (non-hydrogen) atoms. The van der Waals surface area contributed by atoms with E-state index in [9.17, 15) is 9.59 Å². The third kappa shape index (κ3) is 3.75. The zero-order valence-electron chi connectivity index (χ0n) is 12.9. The second-order valence-electron chi connectivity index (χ2n) is 5.77. The molecule has 0 aliphatic heterocycles. The summed E-state index contributed by atoms with van der Waals surface area (Å²) in [6, 6.07) is 19.5. The molecule has 1 saturated carbocycles. The van der Waals surface area contributed by atoms with Crippen LogP contribution in [-0.4, -0.2) is 11.6 Å². The first-order valence-electron chi connectivity index (χ1n) is 7.87. The number of carbonyl (C=O) groups excluding carboxylic acids is 2. The molecular formula is C20H19NO2. The molecule has 1 atom stereocenters. The molecule has 3 rings (SSSR count). The zero-order valence-corrected chi connectivity index (χ0v) is 12.9. The molecule has 116 valence electrons. The molecule has 0 spiro atoms. The highest BCUT2D eigenvalue weighted by molar-refractivity contribution is 6.21. The number of Topliss-reactive ketones (excluding diaryl/α,β-unsaturated/α-hetero) is 2. The highest BCUT2D eigenvalue weighted by atomic mass is 16.1. The van der Waals surface area contributed by atoms with E-state index in [-0.39, 0.29) is 23.1 Å². The van der Waals surface area contributed by atoms with Crippen LogP contribution in [0.2, 0.25) is 0 Å². The molecule has 0 heterocycles. The van der Waals surface area contributed by atoms with Crippen LogP contribution < -0.4 is 5.32 Å². The SMILES string of the molecule is O=C1CCC(c2ccccc2)CC(=O)/C1=C\Nc1ccccc1. The molecule has 1 fully saturated rings. The van der Waals surface area contributed by atoms with Crippen LogP contribution in [0.5, 0.6) is 0 Å². The molecule has 1 aliphatic rings. The van der Waals surface area contributed by atoms with E-state index in [0.29, 0.717) is 12.8 Å². The summed E-state index contributed by atoms with van der Waals surface area (Å²) in [4.78, 5) is 24.8. The number of hydrogen-bond acceptors (Lipinski definition) is 3. The van der Waals surface area contributed by atoms with E-state index in [1.54, 1.807) is 6.20 Å². The summed E-state index contributed by atoms with van der Waals surface area (Å²) in [6.45, 7) is 0. The van der Waals surface area contributed by atoms with Crippen LogP contribution in [0, 0.1) is 0 Å². The van der Waals surface area contributed by atoms with Crippen LogP contribution in [0.3, 0.4) is 0 Å². The number of anilines is 1. The van der Waals surface area contributed by atoms with Gasteiger partial charge in [0.2, 0.25) is 0 Å². The van der Waals surface area contributed by atoms with Crippen LogP contribution in [-0.2, 0) is 9.59 Å². The Morgan fingerprint density at radius 2 is 1.52 bits per heavy atom. The Balaban J connectivity index is 1.77. The second-order valence-corrected chi connectivity index (χ2v) is 5.77. The third-order valence-corrected chi connectivity index (χ3v) is 4.18. The normalized spacial score (nSPS) is 20.3. The lowest BCUT2D eigenvalue weighted by atomic mass is 9.91. The number of ketones is 2. The number of hydrogen-bond donors (Lipinski definition) is 1.